The molecule has 1 N–H and O–H groups in total. The number of nitrogens with zero attached hydrogens (tertiary/aromatic N) is 1. The van der Waals surface area contributed by atoms with Gasteiger partial charge in [0.05, 0.1) is 16.2 Å². The number of hydrogen-bond donors (Lipinski definition) is 1. The molecule has 9 heteroatoms. The van der Waals surface area contributed by atoms with Gasteiger partial charge in [-0.15, -0.1) is 0 Å². The number of hydrogen-bond acceptors (Lipinski definition) is 4. The van der Waals surface area contributed by atoms with Crippen molar-refractivity contribution in [3.05, 3.63) is 65.0 Å². The zero-order valence-corrected chi connectivity index (χ0v) is 21.4. The number of fused-ring (bicyclic) bond motifs is 5. The number of carboxylic acid groups (broad SMARTS) is 1. The molecule has 0 aliphatic heterocycles. The number of sulfone groups is 1. The Morgan fingerprint density at radius 1 is 1.19 bits per heavy atom. The van der Waals surface area contributed by atoms with Gasteiger partial charge in [0.2, 0.25) is 0 Å². The molecule has 37 heavy (non-hydrogen) atoms. The summed E-state index contributed by atoms with van der Waals surface area (Å²) < 4.78 is 65.5. The molecular formula is C28H30F3NO4S. The minimum Gasteiger partial charge on any atom is -0.481 e. The van der Waals surface area contributed by atoms with Crippen molar-refractivity contribution >= 4 is 21.4 Å². The largest absolute Gasteiger partial charge is 0.481 e. The van der Waals surface area contributed by atoms with Crippen molar-refractivity contribution in [3.8, 4) is 0 Å². The molecule has 3 aliphatic rings. The van der Waals surface area contributed by atoms with Crippen LogP contribution in [0.2, 0.25) is 0 Å². The Labute approximate surface area is 214 Å². The van der Waals surface area contributed by atoms with Crippen LogP contribution in [0.4, 0.5) is 13.2 Å². The topological polar surface area (TPSA) is 84.3 Å². The second-order valence-electron chi connectivity index (χ2n) is 10.9. The molecule has 2 aromatic rings. The maximum Gasteiger partial charge on any atom is 0.417 e. The first-order valence-corrected chi connectivity index (χ1v) is 14.4. The highest BCUT2D eigenvalue weighted by Gasteiger charge is 2.52. The first kappa shape index (κ1) is 25.9. The van der Waals surface area contributed by atoms with Gasteiger partial charge < -0.3 is 5.11 Å². The fraction of sp³-hybridized carbons (Fsp3) is 0.500. The second-order valence-corrected chi connectivity index (χ2v) is 13.0. The number of pyridine rings is 1. The van der Waals surface area contributed by atoms with Crippen molar-refractivity contribution < 1.29 is 31.5 Å². The number of aryl methyl sites for hydroxylation is 1. The van der Waals surface area contributed by atoms with E-state index in [4.69, 9.17) is 5.11 Å². The summed E-state index contributed by atoms with van der Waals surface area (Å²) in [5.41, 5.74) is 2.77. The van der Waals surface area contributed by atoms with Crippen LogP contribution in [0, 0.1) is 17.3 Å². The maximum absolute atomic E-state index is 13.3. The lowest BCUT2D eigenvalue weighted by Crippen LogP contribution is -2.41. The minimum absolute atomic E-state index is 0.0798. The fourth-order valence-electron chi connectivity index (χ4n) is 7.04. The van der Waals surface area contributed by atoms with Gasteiger partial charge in [-0.2, -0.15) is 13.2 Å². The highest BCUT2D eigenvalue weighted by atomic mass is 32.2. The molecule has 1 aromatic carbocycles. The first-order chi connectivity index (χ1) is 17.4. The van der Waals surface area contributed by atoms with E-state index < -0.39 is 27.5 Å². The van der Waals surface area contributed by atoms with Crippen molar-refractivity contribution in [1.82, 2.24) is 4.98 Å². The van der Waals surface area contributed by atoms with Crippen LogP contribution in [0.5, 0.6) is 0 Å². The van der Waals surface area contributed by atoms with Crippen molar-refractivity contribution in [2.75, 3.05) is 5.75 Å². The Morgan fingerprint density at radius 3 is 2.70 bits per heavy atom. The molecular weight excluding hydrogens is 503 g/mol. The van der Waals surface area contributed by atoms with E-state index in [0.717, 1.165) is 49.4 Å². The van der Waals surface area contributed by atoms with Crippen LogP contribution in [0.1, 0.15) is 73.6 Å². The molecule has 0 unspecified atom stereocenters. The molecule has 1 fully saturated rings. The molecule has 5 nitrogen and oxygen atoms in total. The van der Waals surface area contributed by atoms with Gasteiger partial charge in [0, 0.05) is 18.8 Å². The molecule has 0 saturated heterocycles. The molecule has 0 spiro atoms. The molecule has 1 heterocycles. The number of halogens is 3. The molecule has 3 aliphatic carbocycles. The third-order valence-corrected chi connectivity index (χ3v) is 10.6. The summed E-state index contributed by atoms with van der Waals surface area (Å²) >= 11 is 0. The van der Waals surface area contributed by atoms with Gasteiger partial charge >= 0.3 is 12.1 Å². The van der Waals surface area contributed by atoms with E-state index >= 15 is 0 Å². The summed E-state index contributed by atoms with van der Waals surface area (Å²) in [5.74, 6) is -0.230. The molecule has 5 rings (SSSR count). The Bertz CT molecular complexity index is 1370. The molecule has 1 aromatic heterocycles. The van der Waals surface area contributed by atoms with Crippen molar-refractivity contribution in [3.63, 3.8) is 0 Å². The normalized spacial score (nSPS) is 27.1. The summed E-state index contributed by atoms with van der Waals surface area (Å²) in [4.78, 5) is 14.9. The van der Waals surface area contributed by atoms with Crippen molar-refractivity contribution in [2.45, 2.75) is 68.9 Å². The van der Waals surface area contributed by atoms with Crippen LogP contribution in [-0.4, -0.2) is 30.2 Å². The lowest BCUT2D eigenvalue weighted by Gasteiger charge is -2.50. The number of carboxylic acids is 1. The van der Waals surface area contributed by atoms with Crippen LogP contribution < -0.4 is 0 Å². The quantitative estimate of drug-likeness (QED) is 0.472. The molecule has 0 radical (unpaired) electrons. The van der Waals surface area contributed by atoms with Crippen LogP contribution in [0.15, 0.2) is 47.6 Å². The van der Waals surface area contributed by atoms with E-state index in [0.29, 0.717) is 17.4 Å². The molecule has 0 amide bonds. The zero-order valence-electron chi connectivity index (χ0n) is 20.6. The summed E-state index contributed by atoms with van der Waals surface area (Å²) in [5, 5.41) is 8.81. The lowest BCUT2D eigenvalue weighted by molar-refractivity contribution is -0.138. The molecule has 198 valence electrons. The van der Waals surface area contributed by atoms with Gasteiger partial charge in [0.25, 0.3) is 0 Å². The average molecular weight is 534 g/mol. The summed E-state index contributed by atoms with van der Waals surface area (Å²) in [6.07, 6.45) is 4.18. The van der Waals surface area contributed by atoms with Crippen LogP contribution >= 0.6 is 0 Å². The second kappa shape index (κ2) is 9.26. The summed E-state index contributed by atoms with van der Waals surface area (Å²) in [7, 11) is -3.55. The van der Waals surface area contributed by atoms with Crippen LogP contribution in [-0.2, 0) is 27.2 Å². The predicted molar refractivity (Wildman–Crippen MR) is 133 cm³/mol. The SMILES string of the molecule is C[C@]12CC[C@@H]3c4ccc(S(=O)(=O)CCCC(=O)O)cc4CC[C@H]3[C@@H]1CC=C2c1cncc(C(F)(F)F)c1. The van der Waals surface area contributed by atoms with Crippen molar-refractivity contribution in [1.29, 1.82) is 0 Å². The smallest absolute Gasteiger partial charge is 0.417 e. The highest BCUT2D eigenvalue weighted by Crippen LogP contribution is 2.63. The van der Waals surface area contributed by atoms with E-state index in [1.54, 1.807) is 12.1 Å². The standard InChI is InChI=1S/C28H30F3NO4S/c1-27-11-10-22-21-7-5-20(37(35,36)12-2-3-26(33)34)14-17(21)4-6-23(22)25(27)9-8-24(27)18-13-19(16-32-15-18)28(29,30)31/h5,7-8,13-16,22-23,25H,2-4,6,9-12H2,1H3,(H,33,34)/t22-,23-,25+,27-/m1/s1. The molecule has 0 bridgehead atoms. The summed E-state index contributed by atoms with van der Waals surface area (Å²) in [6.45, 7) is 2.18. The monoisotopic (exact) mass is 533 g/mol. The van der Waals surface area contributed by atoms with Gasteiger partial charge in [-0.1, -0.05) is 19.1 Å². The number of aromatic nitrogens is 1. The highest BCUT2D eigenvalue weighted by molar-refractivity contribution is 7.91. The maximum atomic E-state index is 13.3. The Hall–Kier alpha value is -2.68. The Balaban J connectivity index is 1.37. The van der Waals surface area contributed by atoms with Gasteiger partial charge in [0.15, 0.2) is 9.84 Å². The van der Waals surface area contributed by atoms with Crippen LogP contribution in [0.25, 0.3) is 5.57 Å². The third-order valence-electron chi connectivity index (χ3n) is 8.82. The fourth-order valence-corrected chi connectivity index (χ4v) is 8.40. The van der Waals surface area contributed by atoms with Gasteiger partial charge in [-0.05, 0) is 102 Å². The van der Waals surface area contributed by atoms with E-state index in [9.17, 15) is 26.4 Å². The van der Waals surface area contributed by atoms with Crippen molar-refractivity contribution in [2.24, 2.45) is 17.3 Å². The first-order valence-electron chi connectivity index (χ1n) is 12.7. The van der Waals surface area contributed by atoms with Gasteiger partial charge in [-0.25, -0.2) is 8.42 Å². The molecule has 1 saturated carbocycles. The lowest BCUT2D eigenvalue weighted by atomic mass is 9.54. The van der Waals surface area contributed by atoms with Gasteiger partial charge in [-0.3, -0.25) is 9.78 Å². The van der Waals surface area contributed by atoms with E-state index in [1.165, 1.54) is 17.8 Å². The number of carbonyl (C=O) groups is 1. The zero-order chi connectivity index (χ0) is 26.6. The summed E-state index contributed by atoms with van der Waals surface area (Å²) in [6, 6.07) is 6.56. The number of alkyl halides is 3. The number of benzene rings is 1. The molecule has 4 atom stereocenters. The van der Waals surface area contributed by atoms with Gasteiger partial charge in [0.1, 0.15) is 0 Å². The third kappa shape index (κ3) is 4.71. The Morgan fingerprint density at radius 2 is 1.97 bits per heavy atom. The number of aliphatic carboxylic acids is 1. The minimum atomic E-state index is -4.43. The average Bonchev–Trinajstić information content (AvgIpc) is 3.20. The van der Waals surface area contributed by atoms with E-state index in [-0.39, 0.29) is 34.8 Å². The number of rotatable bonds is 6. The Kier molecular flexibility index (Phi) is 6.49. The van der Waals surface area contributed by atoms with E-state index in [1.807, 2.05) is 6.07 Å². The van der Waals surface area contributed by atoms with E-state index in [2.05, 4.69) is 18.0 Å². The van der Waals surface area contributed by atoms with Crippen LogP contribution in [0.3, 0.4) is 0 Å². The number of allylic oxidation sites excluding steroid dienone is 2. The predicted octanol–water partition coefficient (Wildman–Crippen LogP) is 6.29.